The third-order valence-electron chi connectivity index (χ3n) is 2.91. The first-order chi connectivity index (χ1) is 8.56. The minimum absolute atomic E-state index is 0.475. The number of carbonyl (C=O) groups excluding carboxylic acids is 1. The van der Waals surface area contributed by atoms with Crippen molar-refractivity contribution in [3.05, 3.63) is 23.5 Å². The molecule has 1 aromatic rings. The van der Waals surface area contributed by atoms with E-state index in [2.05, 4.69) is 10.3 Å². The fourth-order valence-corrected chi connectivity index (χ4v) is 1.61. The Balaban J connectivity index is 2.08. The summed E-state index contributed by atoms with van der Waals surface area (Å²) in [5, 5.41) is 3.38. The Morgan fingerprint density at radius 1 is 1.61 bits per heavy atom. The standard InChI is InChI=1S/C13H19N3O2/c1-8-3-6-12(18-9(2)13(14)17)11(16-8)7-15-10-4-5-10/h3,6,9-10,15H,4-5,7H2,1-2H3,(H2,14,17). The second-order valence-electron chi connectivity index (χ2n) is 4.72. The molecule has 3 N–H and O–H groups in total. The van der Waals surface area contributed by atoms with Gasteiger partial charge in [0.2, 0.25) is 0 Å². The summed E-state index contributed by atoms with van der Waals surface area (Å²) >= 11 is 0. The molecule has 1 amide bonds. The summed E-state index contributed by atoms with van der Waals surface area (Å²) in [5.41, 5.74) is 6.96. The number of pyridine rings is 1. The van der Waals surface area contributed by atoms with Crippen LogP contribution in [0.1, 0.15) is 31.2 Å². The van der Waals surface area contributed by atoms with Gasteiger partial charge < -0.3 is 15.8 Å². The number of rotatable bonds is 6. The minimum atomic E-state index is -0.644. The zero-order chi connectivity index (χ0) is 13.1. The van der Waals surface area contributed by atoms with Crippen molar-refractivity contribution in [2.24, 2.45) is 5.73 Å². The van der Waals surface area contributed by atoms with E-state index in [1.165, 1.54) is 12.8 Å². The topological polar surface area (TPSA) is 77.2 Å². The van der Waals surface area contributed by atoms with Gasteiger partial charge in [0.1, 0.15) is 5.75 Å². The van der Waals surface area contributed by atoms with Gasteiger partial charge in [0.15, 0.2) is 6.10 Å². The molecule has 5 nitrogen and oxygen atoms in total. The average molecular weight is 249 g/mol. The van der Waals surface area contributed by atoms with Crippen LogP contribution in [0.5, 0.6) is 5.75 Å². The lowest BCUT2D eigenvalue weighted by atomic mass is 10.2. The van der Waals surface area contributed by atoms with E-state index in [1.54, 1.807) is 6.92 Å². The van der Waals surface area contributed by atoms with Crippen LogP contribution in [0.25, 0.3) is 0 Å². The molecule has 2 rings (SSSR count). The number of nitrogens with one attached hydrogen (secondary N) is 1. The number of ether oxygens (including phenoxy) is 1. The van der Waals surface area contributed by atoms with Gasteiger partial charge in [0.25, 0.3) is 5.91 Å². The summed E-state index contributed by atoms with van der Waals surface area (Å²) in [5.74, 6) is 0.150. The molecule has 1 aliphatic carbocycles. The van der Waals surface area contributed by atoms with E-state index in [0.29, 0.717) is 18.3 Å². The predicted molar refractivity (Wildman–Crippen MR) is 68.1 cm³/mol. The Kier molecular flexibility index (Phi) is 3.81. The van der Waals surface area contributed by atoms with Crippen LogP contribution >= 0.6 is 0 Å². The van der Waals surface area contributed by atoms with Gasteiger partial charge in [-0.3, -0.25) is 9.78 Å². The zero-order valence-corrected chi connectivity index (χ0v) is 10.8. The summed E-state index contributed by atoms with van der Waals surface area (Å²) in [7, 11) is 0. The van der Waals surface area contributed by atoms with Crippen LogP contribution < -0.4 is 15.8 Å². The highest BCUT2D eigenvalue weighted by atomic mass is 16.5. The Morgan fingerprint density at radius 3 is 2.94 bits per heavy atom. The molecule has 0 aliphatic heterocycles. The number of nitrogens with two attached hydrogens (primary N) is 1. The molecule has 1 fully saturated rings. The van der Waals surface area contributed by atoms with Crippen LogP contribution in [0, 0.1) is 6.92 Å². The first-order valence-corrected chi connectivity index (χ1v) is 6.22. The molecule has 0 radical (unpaired) electrons. The third-order valence-corrected chi connectivity index (χ3v) is 2.91. The van der Waals surface area contributed by atoms with Crippen LogP contribution in [0.3, 0.4) is 0 Å². The second-order valence-corrected chi connectivity index (χ2v) is 4.72. The second kappa shape index (κ2) is 5.35. The molecule has 0 bridgehead atoms. The van der Waals surface area contributed by atoms with Crippen molar-refractivity contribution in [1.29, 1.82) is 0 Å². The molecular weight excluding hydrogens is 230 g/mol. The molecule has 0 saturated heterocycles. The minimum Gasteiger partial charge on any atom is -0.479 e. The van der Waals surface area contributed by atoms with E-state index in [9.17, 15) is 4.79 Å². The average Bonchev–Trinajstić information content (AvgIpc) is 3.13. The van der Waals surface area contributed by atoms with Crippen LogP contribution in [0.15, 0.2) is 12.1 Å². The number of hydrogen-bond acceptors (Lipinski definition) is 4. The largest absolute Gasteiger partial charge is 0.479 e. The van der Waals surface area contributed by atoms with Crippen molar-refractivity contribution in [2.45, 2.75) is 45.4 Å². The zero-order valence-electron chi connectivity index (χ0n) is 10.8. The highest BCUT2D eigenvalue weighted by Gasteiger charge is 2.21. The third kappa shape index (κ3) is 3.43. The fraction of sp³-hybridized carbons (Fsp3) is 0.538. The van der Waals surface area contributed by atoms with E-state index in [1.807, 2.05) is 19.1 Å². The van der Waals surface area contributed by atoms with Gasteiger partial charge in [-0.15, -0.1) is 0 Å². The Bertz CT molecular complexity index is 444. The molecule has 1 unspecified atom stereocenters. The number of aromatic nitrogens is 1. The summed E-state index contributed by atoms with van der Waals surface area (Å²) in [6, 6.07) is 4.31. The lowest BCUT2D eigenvalue weighted by Crippen LogP contribution is -2.31. The maximum atomic E-state index is 11.0. The normalized spacial score (nSPS) is 16.3. The van der Waals surface area contributed by atoms with Gasteiger partial charge in [-0.1, -0.05) is 0 Å². The van der Waals surface area contributed by atoms with E-state index < -0.39 is 12.0 Å². The lowest BCUT2D eigenvalue weighted by molar-refractivity contribution is -0.124. The van der Waals surface area contributed by atoms with Gasteiger partial charge in [-0.05, 0) is 38.8 Å². The quantitative estimate of drug-likeness (QED) is 0.785. The molecule has 1 atom stereocenters. The van der Waals surface area contributed by atoms with Crippen LogP contribution in [0.2, 0.25) is 0 Å². The van der Waals surface area contributed by atoms with Crippen molar-refractivity contribution in [2.75, 3.05) is 0 Å². The van der Waals surface area contributed by atoms with Crippen molar-refractivity contribution in [3.8, 4) is 5.75 Å². The van der Waals surface area contributed by atoms with Crippen molar-refractivity contribution in [3.63, 3.8) is 0 Å². The van der Waals surface area contributed by atoms with E-state index in [0.717, 1.165) is 11.4 Å². The first-order valence-electron chi connectivity index (χ1n) is 6.22. The smallest absolute Gasteiger partial charge is 0.258 e. The Hall–Kier alpha value is -1.62. The van der Waals surface area contributed by atoms with Gasteiger partial charge in [-0.2, -0.15) is 0 Å². The molecule has 1 aromatic heterocycles. The number of primary amides is 1. The SMILES string of the molecule is Cc1ccc(OC(C)C(N)=O)c(CNC2CC2)n1. The number of carbonyl (C=O) groups is 1. The fourth-order valence-electron chi connectivity index (χ4n) is 1.61. The molecule has 1 heterocycles. The Labute approximate surface area is 107 Å². The monoisotopic (exact) mass is 249 g/mol. The van der Waals surface area contributed by atoms with E-state index in [-0.39, 0.29) is 0 Å². The molecule has 0 aromatic carbocycles. The number of nitrogens with zero attached hydrogens (tertiary/aromatic N) is 1. The molecule has 1 aliphatic rings. The molecule has 0 spiro atoms. The molecule has 5 heteroatoms. The summed E-state index contributed by atoms with van der Waals surface area (Å²) in [6.07, 6.45) is 1.80. The Morgan fingerprint density at radius 2 is 2.33 bits per heavy atom. The van der Waals surface area contributed by atoms with Crippen molar-refractivity contribution in [1.82, 2.24) is 10.3 Å². The van der Waals surface area contributed by atoms with Crippen LogP contribution in [-0.2, 0) is 11.3 Å². The summed E-state index contributed by atoms with van der Waals surface area (Å²) in [6.45, 7) is 4.23. The van der Waals surface area contributed by atoms with Crippen LogP contribution in [0.4, 0.5) is 0 Å². The molecule has 18 heavy (non-hydrogen) atoms. The number of hydrogen-bond donors (Lipinski definition) is 2. The van der Waals surface area contributed by atoms with E-state index >= 15 is 0 Å². The molecule has 1 saturated carbocycles. The van der Waals surface area contributed by atoms with Crippen LogP contribution in [-0.4, -0.2) is 23.0 Å². The maximum absolute atomic E-state index is 11.0. The highest BCUT2D eigenvalue weighted by molar-refractivity contribution is 5.78. The van der Waals surface area contributed by atoms with Gasteiger partial charge >= 0.3 is 0 Å². The van der Waals surface area contributed by atoms with E-state index in [4.69, 9.17) is 10.5 Å². The van der Waals surface area contributed by atoms with Crippen molar-refractivity contribution < 1.29 is 9.53 Å². The van der Waals surface area contributed by atoms with Gasteiger partial charge in [-0.25, -0.2) is 0 Å². The highest BCUT2D eigenvalue weighted by Crippen LogP contribution is 2.22. The number of amides is 1. The first kappa shape index (κ1) is 12.8. The summed E-state index contributed by atoms with van der Waals surface area (Å²) < 4.78 is 5.54. The molecule has 98 valence electrons. The predicted octanol–water partition coefficient (Wildman–Crippen LogP) is 0.895. The maximum Gasteiger partial charge on any atom is 0.258 e. The van der Waals surface area contributed by atoms with Crippen molar-refractivity contribution >= 4 is 5.91 Å². The summed E-state index contributed by atoms with van der Waals surface area (Å²) in [4.78, 5) is 15.5. The molecular formula is C13H19N3O2. The number of aryl methyl sites for hydroxylation is 1. The van der Waals surface area contributed by atoms with Gasteiger partial charge in [0, 0.05) is 18.3 Å². The lowest BCUT2D eigenvalue weighted by Gasteiger charge is -2.15. The van der Waals surface area contributed by atoms with Gasteiger partial charge in [0.05, 0.1) is 5.69 Å².